The molecule has 0 radical (unpaired) electrons. The Bertz CT molecular complexity index is 720. The number of rotatable bonds is 4. The topological polar surface area (TPSA) is 55.2 Å². The molecule has 0 spiro atoms. The van der Waals surface area contributed by atoms with Crippen LogP contribution in [0.25, 0.3) is 0 Å². The fourth-order valence-electron chi connectivity index (χ4n) is 3.75. The molecule has 1 aromatic carbocycles. The highest BCUT2D eigenvalue weighted by atomic mass is 16.5. The number of nitrogens with one attached hydrogen (secondary N) is 1. The lowest BCUT2D eigenvalue weighted by atomic mass is 10.1. The van der Waals surface area contributed by atoms with E-state index >= 15 is 0 Å². The van der Waals surface area contributed by atoms with Crippen LogP contribution in [0.3, 0.4) is 0 Å². The first kappa shape index (κ1) is 15.6. The summed E-state index contributed by atoms with van der Waals surface area (Å²) in [5.74, 6) is 3.17. The molecule has 2 aromatic rings. The minimum atomic E-state index is 0.384. The van der Waals surface area contributed by atoms with E-state index in [1.54, 1.807) is 7.11 Å². The molecule has 2 aliphatic heterocycles. The van der Waals surface area contributed by atoms with Gasteiger partial charge in [0.1, 0.15) is 17.4 Å². The van der Waals surface area contributed by atoms with Gasteiger partial charge in [-0.05, 0) is 37.9 Å². The predicted octanol–water partition coefficient (Wildman–Crippen LogP) is 2.04. The van der Waals surface area contributed by atoms with Crippen molar-refractivity contribution in [2.24, 2.45) is 0 Å². The number of fused-ring (bicyclic) bond motifs is 1. The maximum atomic E-state index is 5.54. The van der Waals surface area contributed by atoms with Crippen LogP contribution in [0.2, 0.25) is 0 Å². The molecule has 1 saturated heterocycles. The zero-order valence-corrected chi connectivity index (χ0v) is 14.5. The summed E-state index contributed by atoms with van der Waals surface area (Å²) in [5.41, 5.74) is 2.46. The summed E-state index contributed by atoms with van der Waals surface area (Å²) in [6.45, 7) is 6.89. The Morgan fingerprint density at radius 2 is 2.21 bits per heavy atom. The summed E-state index contributed by atoms with van der Waals surface area (Å²) < 4.78 is 7.85. The van der Waals surface area contributed by atoms with Crippen LogP contribution in [0.1, 0.15) is 41.7 Å². The summed E-state index contributed by atoms with van der Waals surface area (Å²) in [6, 6.07) is 6.80. The first-order chi connectivity index (χ1) is 11.7. The smallest absolute Gasteiger partial charge is 0.150 e. The Kier molecular flexibility index (Phi) is 4.24. The van der Waals surface area contributed by atoms with E-state index in [1.165, 1.54) is 24.0 Å². The Balaban J connectivity index is 1.49. The highest BCUT2D eigenvalue weighted by molar-refractivity contribution is 5.37. The van der Waals surface area contributed by atoms with Crippen LogP contribution in [-0.2, 0) is 19.6 Å². The first-order valence-corrected chi connectivity index (χ1v) is 8.76. The minimum Gasteiger partial charge on any atom is -0.496 e. The van der Waals surface area contributed by atoms with E-state index < -0.39 is 0 Å². The van der Waals surface area contributed by atoms with Crippen molar-refractivity contribution >= 4 is 0 Å². The van der Waals surface area contributed by atoms with Gasteiger partial charge >= 0.3 is 0 Å². The van der Waals surface area contributed by atoms with Crippen LogP contribution in [0.5, 0.6) is 5.75 Å². The molecule has 6 nitrogen and oxygen atoms in total. The van der Waals surface area contributed by atoms with Crippen molar-refractivity contribution in [3.63, 3.8) is 0 Å². The molecule has 0 saturated carbocycles. The summed E-state index contributed by atoms with van der Waals surface area (Å²) in [5, 5.41) is 12.4. The van der Waals surface area contributed by atoms with Crippen LogP contribution >= 0.6 is 0 Å². The van der Waals surface area contributed by atoms with Crippen LogP contribution in [0.15, 0.2) is 18.2 Å². The summed E-state index contributed by atoms with van der Waals surface area (Å²) in [6.07, 6.45) is 2.40. The summed E-state index contributed by atoms with van der Waals surface area (Å²) >= 11 is 0. The molecule has 1 fully saturated rings. The van der Waals surface area contributed by atoms with Crippen molar-refractivity contribution in [1.82, 2.24) is 25.0 Å². The number of methoxy groups -OCH3 is 1. The molecule has 128 valence electrons. The number of aryl methyl sites for hydroxylation is 1. The van der Waals surface area contributed by atoms with E-state index in [0.717, 1.165) is 50.1 Å². The fraction of sp³-hybridized carbons (Fsp3) is 0.556. The number of hydrogen-bond donors (Lipinski definition) is 1. The molecule has 3 heterocycles. The van der Waals surface area contributed by atoms with E-state index in [1.807, 2.05) is 0 Å². The third kappa shape index (κ3) is 2.91. The van der Waals surface area contributed by atoms with Crippen LogP contribution < -0.4 is 10.1 Å². The maximum Gasteiger partial charge on any atom is 0.150 e. The second-order valence-electron chi connectivity index (χ2n) is 6.80. The lowest BCUT2D eigenvalue weighted by Gasteiger charge is -2.28. The van der Waals surface area contributed by atoms with Crippen LogP contribution in [0, 0.1) is 6.92 Å². The largest absolute Gasteiger partial charge is 0.496 e. The lowest BCUT2D eigenvalue weighted by Crippen LogP contribution is -2.34. The zero-order valence-electron chi connectivity index (χ0n) is 14.5. The average Bonchev–Trinajstić information content (AvgIpc) is 3.25. The average molecular weight is 327 g/mol. The Hall–Kier alpha value is -1.92. The van der Waals surface area contributed by atoms with Crippen LogP contribution in [-0.4, -0.2) is 39.9 Å². The van der Waals surface area contributed by atoms with E-state index in [4.69, 9.17) is 4.74 Å². The molecule has 6 heteroatoms. The second-order valence-corrected chi connectivity index (χ2v) is 6.80. The van der Waals surface area contributed by atoms with E-state index in [-0.39, 0.29) is 0 Å². The van der Waals surface area contributed by atoms with Gasteiger partial charge in [-0.3, -0.25) is 4.90 Å². The summed E-state index contributed by atoms with van der Waals surface area (Å²) in [7, 11) is 1.74. The van der Waals surface area contributed by atoms with Gasteiger partial charge in [0.15, 0.2) is 0 Å². The number of benzene rings is 1. The van der Waals surface area contributed by atoms with Crippen LogP contribution in [0.4, 0.5) is 0 Å². The van der Waals surface area contributed by atoms with Crippen molar-refractivity contribution in [3.8, 4) is 5.75 Å². The Morgan fingerprint density at radius 1 is 1.29 bits per heavy atom. The Labute approximate surface area is 142 Å². The van der Waals surface area contributed by atoms with Gasteiger partial charge in [0.25, 0.3) is 0 Å². The van der Waals surface area contributed by atoms with Crippen molar-refractivity contribution < 1.29 is 4.74 Å². The van der Waals surface area contributed by atoms with E-state index in [2.05, 4.69) is 50.1 Å². The number of hydrogen-bond acceptors (Lipinski definition) is 5. The SMILES string of the molecule is COc1cc(C)ccc1CN1CCn2c(nnc2C2CCCN2)C1. The van der Waals surface area contributed by atoms with Gasteiger partial charge in [-0.2, -0.15) is 0 Å². The van der Waals surface area contributed by atoms with Crippen molar-refractivity contribution in [2.75, 3.05) is 20.2 Å². The highest BCUT2D eigenvalue weighted by Crippen LogP contribution is 2.26. The molecule has 2 aliphatic rings. The number of nitrogens with zero attached hydrogens (tertiary/aromatic N) is 4. The third-order valence-corrected chi connectivity index (χ3v) is 5.07. The fourth-order valence-corrected chi connectivity index (χ4v) is 3.75. The minimum absolute atomic E-state index is 0.384. The molecular formula is C18H25N5O. The molecule has 1 unspecified atom stereocenters. The molecule has 0 amide bonds. The Morgan fingerprint density at radius 3 is 3.00 bits per heavy atom. The van der Waals surface area contributed by atoms with Crippen molar-refractivity contribution in [1.29, 1.82) is 0 Å². The van der Waals surface area contributed by atoms with Crippen molar-refractivity contribution in [3.05, 3.63) is 41.0 Å². The third-order valence-electron chi connectivity index (χ3n) is 5.07. The van der Waals surface area contributed by atoms with Gasteiger partial charge in [0, 0.05) is 25.2 Å². The number of aromatic nitrogens is 3. The molecule has 1 atom stereocenters. The van der Waals surface area contributed by atoms with Gasteiger partial charge in [-0.1, -0.05) is 12.1 Å². The molecular weight excluding hydrogens is 302 g/mol. The standard InChI is InChI=1S/C18H25N5O/c1-13-5-6-14(16(10-13)24-2)11-22-8-9-23-17(12-22)20-21-18(23)15-4-3-7-19-15/h5-6,10,15,19H,3-4,7-9,11-12H2,1-2H3. The van der Waals surface area contributed by atoms with E-state index in [9.17, 15) is 0 Å². The maximum absolute atomic E-state index is 5.54. The molecule has 0 aliphatic carbocycles. The van der Waals surface area contributed by atoms with E-state index in [0.29, 0.717) is 6.04 Å². The number of ether oxygens (including phenoxy) is 1. The second kappa shape index (κ2) is 6.53. The molecule has 4 rings (SSSR count). The van der Waals surface area contributed by atoms with Gasteiger partial charge in [0.05, 0.1) is 19.7 Å². The molecule has 1 N–H and O–H groups in total. The summed E-state index contributed by atoms with van der Waals surface area (Å²) in [4.78, 5) is 2.42. The van der Waals surface area contributed by atoms with Gasteiger partial charge in [0.2, 0.25) is 0 Å². The predicted molar refractivity (Wildman–Crippen MR) is 91.8 cm³/mol. The quantitative estimate of drug-likeness (QED) is 0.931. The van der Waals surface area contributed by atoms with Gasteiger partial charge in [-0.25, -0.2) is 0 Å². The van der Waals surface area contributed by atoms with Gasteiger partial charge < -0.3 is 14.6 Å². The zero-order chi connectivity index (χ0) is 16.5. The van der Waals surface area contributed by atoms with Gasteiger partial charge in [-0.15, -0.1) is 10.2 Å². The first-order valence-electron chi connectivity index (χ1n) is 8.76. The van der Waals surface area contributed by atoms with Crippen molar-refractivity contribution in [2.45, 2.75) is 45.4 Å². The molecule has 1 aromatic heterocycles. The normalized spacial score (nSPS) is 21.0. The molecule has 0 bridgehead atoms. The molecule has 24 heavy (non-hydrogen) atoms. The monoisotopic (exact) mass is 327 g/mol. The highest BCUT2D eigenvalue weighted by Gasteiger charge is 2.27. The lowest BCUT2D eigenvalue weighted by molar-refractivity contribution is 0.203.